The first-order valence-electron chi connectivity index (χ1n) is 7.84. The number of aliphatic hydroxyl groups is 1. The third kappa shape index (κ3) is 2.94. The molecule has 21 heavy (non-hydrogen) atoms. The van der Waals surface area contributed by atoms with Crippen LogP contribution in [0.4, 0.5) is 0 Å². The summed E-state index contributed by atoms with van der Waals surface area (Å²) < 4.78 is 2.08. The van der Waals surface area contributed by atoms with Crippen molar-refractivity contribution in [2.24, 2.45) is 5.92 Å². The summed E-state index contributed by atoms with van der Waals surface area (Å²) in [7, 11) is 0. The molecule has 0 aliphatic carbocycles. The van der Waals surface area contributed by atoms with Gasteiger partial charge in [0.25, 0.3) is 0 Å². The molecule has 0 aromatic carbocycles. The molecule has 0 spiro atoms. The van der Waals surface area contributed by atoms with E-state index in [4.69, 9.17) is 4.98 Å². The highest BCUT2D eigenvalue weighted by atomic mass is 16.3. The zero-order valence-electron chi connectivity index (χ0n) is 12.9. The maximum Gasteiger partial charge on any atom is 0.160 e. The second-order valence-electron chi connectivity index (χ2n) is 6.20. The molecule has 0 saturated carbocycles. The molecule has 3 heterocycles. The van der Waals surface area contributed by atoms with Gasteiger partial charge in [-0.3, -0.25) is 0 Å². The number of aromatic nitrogens is 3. The molecule has 1 saturated heterocycles. The number of pyridine rings is 1. The summed E-state index contributed by atoms with van der Waals surface area (Å²) in [4.78, 5) is 11.7. The van der Waals surface area contributed by atoms with Gasteiger partial charge in [0.1, 0.15) is 11.3 Å². The molecular weight excluding hydrogens is 264 g/mol. The molecule has 1 unspecified atom stereocenters. The molecule has 1 aliphatic rings. The van der Waals surface area contributed by atoms with Crippen molar-refractivity contribution < 1.29 is 5.11 Å². The van der Waals surface area contributed by atoms with E-state index < -0.39 is 0 Å². The zero-order chi connectivity index (χ0) is 14.8. The first-order chi connectivity index (χ1) is 10.2. The molecule has 0 radical (unpaired) electrons. The Labute approximate surface area is 125 Å². The van der Waals surface area contributed by atoms with Crippen LogP contribution in [0.25, 0.3) is 11.2 Å². The van der Waals surface area contributed by atoms with Gasteiger partial charge >= 0.3 is 0 Å². The summed E-state index contributed by atoms with van der Waals surface area (Å²) in [5, 5.41) is 9.31. The second-order valence-corrected chi connectivity index (χ2v) is 6.20. The molecule has 1 fully saturated rings. The molecule has 1 aliphatic heterocycles. The molecule has 5 heteroatoms. The molecule has 1 N–H and O–H groups in total. The summed E-state index contributed by atoms with van der Waals surface area (Å²) >= 11 is 0. The summed E-state index contributed by atoms with van der Waals surface area (Å²) in [6.07, 6.45) is 3.99. The molecule has 5 nitrogen and oxygen atoms in total. The van der Waals surface area contributed by atoms with E-state index in [1.165, 1.54) is 13.0 Å². The van der Waals surface area contributed by atoms with Gasteiger partial charge in [-0.05, 0) is 44.9 Å². The van der Waals surface area contributed by atoms with Gasteiger partial charge in [-0.25, -0.2) is 9.97 Å². The topological polar surface area (TPSA) is 54.2 Å². The SMILES string of the molecule is CC(C)N1CCC(Cc2nc3cccnc3n2CCO)C1. The van der Waals surface area contributed by atoms with Gasteiger partial charge in [-0.1, -0.05) is 0 Å². The first kappa shape index (κ1) is 14.5. The number of hydrogen-bond acceptors (Lipinski definition) is 4. The monoisotopic (exact) mass is 288 g/mol. The van der Waals surface area contributed by atoms with E-state index in [9.17, 15) is 5.11 Å². The minimum Gasteiger partial charge on any atom is -0.395 e. The maximum atomic E-state index is 9.31. The van der Waals surface area contributed by atoms with Gasteiger partial charge in [-0.15, -0.1) is 0 Å². The van der Waals surface area contributed by atoms with Crippen molar-refractivity contribution in [3.05, 3.63) is 24.2 Å². The smallest absolute Gasteiger partial charge is 0.160 e. The van der Waals surface area contributed by atoms with Crippen LogP contribution in [0.15, 0.2) is 18.3 Å². The van der Waals surface area contributed by atoms with E-state index in [0.717, 1.165) is 30.0 Å². The van der Waals surface area contributed by atoms with Gasteiger partial charge in [-0.2, -0.15) is 0 Å². The number of rotatable bonds is 5. The van der Waals surface area contributed by atoms with Crippen LogP contribution in [-0.2, 0) is 13.0 Å². The van der Waals surface area contributed by atoms with E-state index in [1.807, 2.05) is 12.1 Å². The Hall–Kier alpha value is -1.46. The lowest BCUT2D eigenvalue weighted by molar-refractivity contribution is 0.262. The van der Waals surface area contributed by atoms with Crippen molar-refractivity contribution in [2.45, 2.75) is 39.3 Å². The summed E-state index contributed by atoms with van der Waals surface area (Å²) in [6, 6.07) is 4.53. The largest absolute Gasteiger partial charge is 0.395 e. The fourth-order valence-corrected chi connectivity index (χ4v) is 3.25. The van der Waals surface area contributed by atoms with Crippen LogP contribution in [0.5, 0.6) is 0 Å². The summed E-state index contributed by atoms with van der Waals surface area (Å²) in [5.74, 6) is 1.72. The van der Waals surface area contributed by atoms with Crippen LogP contribution in [0, 0.1) is 5.92 Å². The van der Waals surface area contributed by atoms with E-state index in [-0.39, 0.29) is 6.61 Å². The van der Waals surface area contributed by atoms with E-state index in [0.29, 0.717) is 18.5 Å². The summed E-state index contributed by atoms with van der Waals surface area (Å²) in [5.41, 5.74) is 1.82. The van der Waals surface area contributed by atoms with Crippen molar-refractivity contribution in [2.75, 3.05) is 19.7 Å². The van der Waals surface area contributed by atoms with Crippen LogP contribution >= 0.6 is 0 Å². The van der Waals surface area contributed by atoms with Crippen LogP contribution in [0.3, 0.4) is 0 Å². The number of likely N-dealkylation sites (tertiary alicyclic amines) is 1. The first-order valence-corrected chi connectivity index (χ1v) is 7.84. The fraction of sp³-hybridized carbons (Fsp3) is 0.625. The number of fused-ring (bicyclic) bond motifs is 1. The van der Waals surface area contributed by atoms with Gasteiger partial charge in [0.05, 0.1) is 6.61 Å². The Morgan fingerprint density at radius 1 is 1.43 bits per heavy atom. The number of imidazole rings is 1. The average molecular weight is 288 g/mol. The predicted molar refractivity (Wildman–Crippen MR) is 83.1 cm³/mol. The van der Waals surface area contributed by atoms with Gasteiger partial charge in [0, 0.05) is 31.7 Å². The van der Waals surface area contributed by atoms with Crippen molar-refractivity contribution in [3.8, 4) is 0 Å². The van der Waals surface area contributed by atoms with E-state index >= 15 is 0 Å². The Kier molecular flexibility index (Phi) is 4.22. The lowest BCUT2D eigenvalue weighted by Crippen LogP contribution is -2.28. The Bertz CT molecular complexity index is 607. The van der Waals surface area contributed by atoms with Crippen molar-refractivity contribution in [3.63, 3.8) is 0 Å². The molecule has 0 amide bonds. The van der Waals surface area contributed by atoms with Gasteiger partial charge in [0.2, 0.25) is 0 Å². The van der Waals surface area contributed by atoms with Crippen LogP contribution in [0.1, 0.15) is 26.1 Å². The lowest BCUT2D eigenvalue weighted by atomic mass is 10.0. The summed E-state index contributed by atoms with van der Waals surface area (Å²) in [6.45, 7) is 7.54. The Morgan fingerprint density at radius 3 is 3.00 bits per heavy atom. The highest BCUT2D eigenvalue weighted by Crippen LogP contribution is 2.24. The van der Waals surface area contributed by atoms with Crippen molar-refractivity contribution in [1.29, 1.82) is 0 Å². The fourth-order valence-electron chi connectivity index (χ4n) is 3.25. The standard InChI is InChI=1S/C16H24N4O/c1-12(2)19-7-5-13(11-19)10-15-18-14-4-3-6-17-16(14)20(15)8-9-21/h3-4,6,12-13,21H,5,7-11H2,1-2H3. The quantitative estimate of drug-likeness (QED) is 0.910. The molecule has 2 aromatic heterocycles. The minimum atomic E-state index is 0.123. The van der Waals surface area contributed by atoms with Crippen LogP contribution < -0.4 is 0 Å². The normalized spacial score (nSPS) is 19.9. The van der Waals surface area contributed by atoms with E-state index in [2.05, 4.69) is 28.3 Å². The predicted octanol–water partition coefficient (Wildman–Crippen LogP) is 1.70. The maximum absolute atomic E-state index is 9.31. The number of hydrogen-bond donors (Lipinski definition) is 1. The molecular formula is C16H24N4O. The lowest BCUT2D eigenvalue weighted by Gasteiger charge is -2.20. The average Bonchev–Trinajstić information content (AvgIpc) is 3.06. The van der Waals surface area contributed by atoms with Crippen molar-refractivity contribution >= 4 is 11.2 Å². The van der Waals surface area contributed by atoms with Crippen molar-refractivity contribution in [1.82, 2.24) is 19.4 Å². The number of nitrogens with zero attached hydrogens (tertiary/aromatic N) is 4. The Balaban J connectivity index is 1.82. The highest BCUT2D eigenvalue weighted by molar-refractivity contribution is 5.71. The van der Waals surface area contributed by atoms with Crippen LogP contribution in [0.2, 0.25) is 0 Å². The van der Waals surface area contributed by atoms with Gasteiger partial charge in [0.15, 0.2) is 5.65 Å². The molecule has 114 valence electrons. The second kappa shape index (κ2) is 6.12. The van der Waals surface area contributed by atoms with E-state index in [1.54, 1.807) is 6.20 Å². The molecule has 1 atom stereocenters. The molecule has 3 rings (SSSR count). The van der Waals surface area contributed by atoms with Gasteiger partial charge < -0.3 is 14.6 Å². The molecule has 0 bridgehead atoms. The number of aliphatic hydroxyl groups excluding tert-OH is 1. The van der Waals surface area contributed by atoms with Crippen LogP contribution in [-0.4, -0.2) is 50.3 Å². The highest BCUT2D eigenvalue weighted by Gasteiger charge is 2.26. The Morgan fingerprint density at radius 2 is 2.29 bits per heavy atom. The third-order valence-corrected chi connectivity index (χ3v) is 4.43. The zero-order valence-corrected chi connectivity index (χ0v) is 12.9. The third-order valence-electron chi connectivity index (χ3n) is 4.43. The molecule has 2 aromatic rings. The minimum absolute atomic E-state index is 0.123.